The number of morpholine rings is 1. The number of fused-ring (bicyclic) bond motifs is 1. The molecule has 1 fully saturated rings. The van der Waals surface area contributed by atoms with Crippen LogP contribution in [0.5, 0.6) is 0 Å². The van der Waals surface area contributed by atoms with Gasteiger partial charge in [0.1, 0.15) is 11.6 Å². The lowest BCUT2D eigenvalue weighted by molar-refractivity contribution is -0.130. The molecule has 1 amide bonds. The van der Waals surface area contributed by atoms with Crippen molar-refractivity contribution in [2.24, 2.45) is 0 Å². The Balaban J connectivity index is 1.68. The predicted molar refractivity (Wildman–Crippen MR) is 104 cm³/mol. The summed E-state index contributed by atoms with van der Waals surface area (Å²) in [5, 5.41) is 11.8. The molecule has 2 heterocycles. The summed E-state index contributed by atoms with van der Waals surface area (Å²) in [5.74, 6) is -0.243. The summed E-state index contributed by atoms with van der Waals surface area (Å²) in [6.07, 6.45) is 3.59. The van der Waals surface area contributed by atoms with E-state index < -0.39 is 0 Å². The highest BCUT2D eigenvalue weighted by atomic mass is 16.5. The second-order valence-electron chi connectivity index (χ2n) is 6.41. The zero-order valence-electron chi connectivity index (χ0n) is 14.8. The third kappa shape index (κ3) is 3.48. The van der Waals surface area contributed by atoms with Gasteiger partial charge in [0.2, 0.25) is 0 Å². The molecule has 0 N–H and O–H groups in total. The Labute approximate surface area is 157 Å². The lowest BCUT2D eigenvalue weighted by Gasteiger charge is -2.26. The van der Waals surface area contributed by atoms with Gasteiger partial charge in [0, 0.05) is 30.7 Å². The molecule has 2 aromatic carbocycles. The molecule has 134 valence electrons. The summed E-state index contributed by atoms with van der Waals surface area (Å²) in [6, 6.07) is 20.3. The first kappa shape index (κ1) is 17.1. The molecule has 27 heavy (non-hydrogen) atoms. The summed E-state index contributed by atoms with van der Waals surface area (Å²) in [4.78, 5) is 14.3. The minimum Gasteiger partial charge on any atom is -0.378 e. The summed E-state index contributed by atoms with van der Waals surface area (Å²) in [5.41, 5.74) is 1.92. The molecule has 0 saturated carbocycles. The van der Waals surface area contributed by atoms with Gasteiger partial charge < -0.3 is 14.2 Å². The van der Waals surface area contributed by atoms with E-state index in [4.69, 9.17) is 4.74 Å². The topological polar surface area (TPSA) is 58.3 Å². The maximum Gasteiger partial charge on any atom is 0.264 e. The number of nitriles is 1. The summed E-state index contributed by atoms with van der Waals surface area (Å²) < 4.78 is 7.26. The Morgan fingerprint density at radius 3 is 2.59 bits per heavy atom. The van der Waals surface area contributed by atoms with E-state index in [0.29, 0.717) is 26.3 Å². The lowest BCUT2D eigenvalue weighted by Crippen LogP contribution is -2.41. The summed E-state index contributed by atoms with van der Waals surface area (Å²) >= 11 is 0. The van der Waals surface area contributed by atoms with Crippen molar-refractivity contribution in [1.82, 2.24) is 9.47 Å². The van der Waals surface area contributed by atoms with E-state index in [0.717, 1.165) is 16.8 Å². The maximum atomic E-state index is 12.6. The average molecular weight is 357 g/mol. The minimum atomic E-state index is -0.243. The van der Waals surface area contributed by atoms with E-state index >= 15 is 0 Å². The number of ether oxygens (including phenoxy) is 1. The molecule has 1 aliphatic rings. The van der Waals surface area contributed by atoms with Crippen LogP contribution in [0.3, 0.4) is 0 Å². The summed E-state index contributed by atoms with van der Waals surface area (Å²) in [6.45, 7) is 2.06. The Morgan fingerprint density at radius 1 is 1.04 bits per heavy atom. The van der Waals surface area contributed by atoms with Gasteiger partial charge in [-0.15, -0.1) is 0 Å². The molecule has 0 spiro atoms. The van der Waals surface area contributed by atoms with Crippen LogP contribution < -0.4 is 0 Å². The monoisotopic (exact) mass is 357 g/mol. The number of nitrogens with zero attached hydrogens (tertiary/aromatic N) is 3. The van der Waals surface area contributed by atoms with Crippen molar-refractivity contribution in [1.29, 1.82) is 5.26 Å². The number of hydrogen-bond donors (Lipinski definition) is 0. The fraction of sp³-hybridized carbons (Fsp3) is 0.182. The lowest BCUT2D eigenvalue weighted by atomic mass is 10.1. The van der Waals surface area contributed by atoms with Gasteiger partial charge in [0.05, 0.1) is 13.2 Å². The number of rotatable bonds is 3. The molecule has 0 unspecified atom stereocenters. The molecule has 0 bridgehead atoms. The number of hydrogen-bond acceptors (Lipinski definition) is 3. The standard InChI is InChI=1S/C22H19N3O2/c23-16-19(22(26)24-10-12-27-13-11-24)15-20-6-3-9-25(20)21-8-7-17-4-1-2-5-18(17)14-21/h1-9,14-15H,10-13H2/b19-15-. The first-order chi connectivity index (χ1) is 13.3. The van der Waals surface area contributed by atoms with Gasteiger partial charge >= 0.3 is 0 Å². The molecule has 0 atom stereocenters. The predicted octanol–water partition coefficient (Wildman–Crippen LogP) is 3.40. The van der Waals surface area contributed by atoms with Crippen LogP contribution in [0.4, 0.5) is 0 Å². The Hall–Kier alpha value is -3.36. The number of carbonyl (C=O) groups is 1. The zero-order valence-corrected chi connectivity index (χ0v) is 14.8. The average Bonchev–Trinajstić information content (AvgIpc) is 3.20. The molecular weight excluding hydrogens is 338 g/mol. The summed E-state index contributed by atoms with van der Waals surface area (Å²) in [7, 11) is 0. The van der Waals surface area contributed by atoms with Crippen LogP contribution in [0.15, 0.2) is 66.4 Å². The van der Waals surface area contributed by atoms with Crippen LogP contribution >= 0.6 is 0 Å². The molecule has 0 radical (unpaired) electrons. The highest BCUT2D eigenvalue weighted by Gasteiger charge is 2.21. The van der Waals surface area contributed by atoms with E-state index in [-0.39, 0.29) is 11.5 Å². The number of benzene rings is 2. The fourth-order valence-corrected chi connectivity index (χ4v) is 3.30. The van der Waals surface area contributed by atoms with Crippen LogP contribution in [0, 0.1) is 11.3 Å². The molecule has 1 aromatic heterocycles. The molecule has 1 aliphatic heterocycles. The van der Waals surface area contributed by atoms with Crippen LogP contribution in [0.1, 0.15) is 5.69 Å². The van der Waals surface area contributed by atoms with Crippen molar-refractivity contribution in [3.8, 4) is 11.8 Å². The van der Waals surface area contributed by atoms with Crippen molar-refractivity contribution in [2.75, 3.05) is 26.3 Å². The Bertz CT molecular complexity index is 1050. The van der Waals surface area contributed by atoms with E-state index in [1.54, 1.807) is 11.0 Å². The van der Waals surface area contributed by atoms with Gasteiger partial charge in [0.25, 0.3) is 5.91 Å². The SMILES string of the molecule is N#C/C(=C/c1cccn1-c1ccc2ccccc2c1)C(=O)N1CCOCC1. The van der Waals surface area contributed by atoms with Crippen LogP contribution in [-0.4, -0.2) is 41.7 Å². The number of amides is 1. The van der Waals surface area contributed by atoms with E-state index in [9.17, 15) is 10.1 Å². The molecule has 1 saturated heterocycles. The maximum absolute atomic E-state index is 12.6. The Morgan fingerprint density at radius 2 is 1.81 bits per heavy atom. The van der Waals surface area contributed by atoms with Crippen LogP contribution in [0.2, 0.25) is 0 Å². The third-order valence-corrected chi connectivity index (χ3v) is 4.73. The molecule has 5 nitrogen and oxygen atoms in total. The molecule has 3 aromatic rings. The van der Waals surface area contributed by atoms with Gasteiger partial charge in [-0.25, -0.2) is 0 Å². The first-order valence-corrected chi connectivity index (χ1v) is 8.91. The quantitative estimate of drug-likeness (QED) is 0.533. The van der Waals surface area contributed by atoms with Crippen LogP contribution in [-0.2, 0) is 9.53 Å². The second-order valence-corrected chi connectivity index (χ2v) is 6.41. The second kappa shape index (κ2) is 7.48. The van der Waals surface area contributed by atoms with Gasteiger partial charge in [-0.2, -0.15) is 5.26 Å². The highest BCUT2D eigenvalue weighted by Crippen LogP contribution is 2.21. The van der Waals surface area contributed by atoms with Crippen molar-refractivity contribution in [3.05, 3.63) is 72.1 Å². The number of carbonyl (C=O) groups excluding carboxylic acids is 1. The van der Waals surface area contributed by atoms with E-state index in [2.05, 4.69) is 30.3 Å². The van der Waals surface area contributed by atoms with Crippen molar-refractivity contribution in [3.63, 3.8) is 0 Å². The smallest absolute Gasteiger partial charge is 0.264 e. The molecule has 4 rings (SSSR count). The molecular formula is C22H19N3O2. The largest absolute Gasteiger partial charge is 0.378 e. The first-order valence-electron chi connectivity index (χ1n) is 8.91. The van der Waals surface area contributed by atoms with Crippen molar-refractivity contribution < 1.29 is 9.53 Å². The highest BCUT2D eigenvalue weighted by molar-refractivity contribution is 6.01. The van der Waals surface area contributed by atoms with Gasteiger partial charge in [-0.3, -0.25) is 4.79 Å². The van der Waals surface area contributed by atoms with Gasteiger partial charge in [-0.05, 0) is 41.1 Å². The zero-order chi connectivity index (χ0) is 18.6. The van der Waals surface area contributed by atoms with E-state index in [1.165, 1.54) is 5.39 Å². The van der Waals surface area contributed by atoms with Crippen molar-refractivity contribution in [2.45, 2.75) is 0 Å². The normalized spacial score (nSPS) is 14.9. The van der Waals surface area contributed by atoms with Crippen molar-refractivity contribution >= 4 is 22.8 Å². The van der Waals surface area contributed by atoms with Crippen LogP contribution in [0.25, 0.3) is 22.5 Å². The molecule has 0 aliphatic carbocycles. The van der Waals surface area contributed by atoms with Gasteiger partial charge in [-0.1, -0.05) is 30.3 Å². The third-order valence-electron chi connectivity index (χ3n) is 4.73. The van der Waals surface area contributed by atoms with Gasteiger partial charge in [0.15, 0.2) is 0 Å². The minimum absolute atomic E-state index is 0.137. The fourth-order valence-electron chi connectivity index (χ4n) is 3.30. The number of aromatic nitrogens is 1. The molecule has 5 heteroatoms. The Kier molecular flexibility index (Phi) is 4.73. The van der Waals surface area contributed by atoms with E-state index in [1.807, 2.05) is 41.1 Å².